The fourth-order valence-electron chi connectivity index (χ4n) is 5.13. The van der Waals surface area contributed by atoms with Crippen LogP contribution in [-0.2, 0) is 6.42 Å². The number of rotatable bonds is 10. The van der Waals surface area contributed by atoms with Crippen molar-refractivity contribution in [3.05, 3.63) is 77.9 Å². The van der Waals surface area contributed by atoms with Gasteiger partial charge in [-0.25, -0.2) is 4.39 Å². The van der Waals surface area contributed by atoms with Crippen molar-refractivity contribution in [2.24, 2.45) is 5.92 Å². The van der Waals surface area contributed by atoms with Gasteiger partial charge in [0.05, 0.1) is 6.61 Å². The van der Waals surface area contributed by atoms with Crippen molar-refractivity contribution >= 4 is 8.80 Å². The lowest BCUT2D eigenvalue weighted by atomic mass is 9.93. The minimum Gasteiger partial charge on any atom is -0.490 e. The van der Waals surface area contributed by atoms with E-state index < -0.39 is 11.6 Å². The van der Waals surface area contributed by atoms with Crippen molar-refractivity contribution in [2.75, 3.05) is 6.61 Å². The molecule has 0 spiro atoms. The smallest absolute Gasteiger partial charge is 0.201 e. The summed E-state index contributed by atoms with van der Waals surface area (Å²) in [5.41, 5.74) is 4.51. The van der Waals surface area contributed by atoms with Gasteiger partial charge >= 0.3 is 0 Å². The Bertz CT molecular complexity index is 1070. The highest BCUT2D eigenvalue weighted by Gasteiger charge is 2.21. The minimum absolute atomic E-state index is 0.0250. The van der Waals surface area contributed by atoms with Gasteiger partial charge in [0.2, 0.25) is 5.82 Å². The van der Waals surface area contributed by atoms with Crippen LogP contribution in [0.4, 0.5) is 8.78 Å². The molecule has 185 valence electrons. The molecule has 0 amide bonds. The molecule has 1 aliphatic heterocycles. The Morgan fingerprint density at radius 1 is 0.771 bits per heavy atom. The second kappa shape index (κ2) is 12.5. The first-order valence-electron chi connectivity index (χ1n) is 13.2. The summed E-state index contributed by atoms with van der Waals surface area (Å²) in [6.45, 7) is 4.62. The second-order valence-electron chi connectivity index (χ2n) is 9.84. The lowest BCUT2D eigenvalue weighted by Crippen LogP contribution is -2.21. The molecular formula is C31H37F2OSi. The van der Waals surface area contributed by atoms with Gasteiger partial charge in [-0.2, -0.15) is 4.39 Å². The Balaban J connectivity index is 1.35. The molecule has 0 saturated carbocycles. The van der Waals surface area contributed by atoms with E-state index in [2.05, 4.69) is 31.2 Å². The van der Waals surface area contributed by atoms with Crippen LogP contribution in [0, 0.1) is 17.6 Å². The van der Waals surface area contributed by atoms with Gasteiger partial charge in [-0.1, -0.05) is 99.8 Å². The predicted octanol–water partition coefficient (Wildman–Crippen LogP) is 9.33. The molecule has 0 unspecified atom stereocenters. The van der Waals surface area contributed by atoms with Gasteiger partial charge < -0.3 is 4.74 Å². The zero-order valence-corrected chi connectivity index (χ0v) is 22.1. The largest absolute Gasteiger partial charge is 0.490 e. The highest BCUT2D eigenvalue weighted by atomic mass is 28.3. The fraction of sp³-hybridized carbons (Fsp3) is 0.419. The number of halogens is 2. The van der Waals surface area contributed by atoms with Crippen LogP contribution in [0.5, 0.6) is 5.75 Å². The fourth-order valence-corrected chi connectivity index (χ4v) is 8.22. The van der Waals surface area contributed by atoms with E-state index in [1.165, 1.54) is 55.4 Å². The zero-order valence-electron chi connectivity index (χ0n) is 21.1. The summed E-state index contributed by atoms with van der Waals surface area (Å²) in [5.74, 6) is -0.914. The first-order chi connectivity index (χ1) is 17.1. The van der Waals surface area contributed by atoms with Crippen LogP contribution in [0.1, 0.15) is 51.5 Å². The molecule has 0 bridgehead atoms. The van der Waals surface area contributed by atoms with Gasteiger partial charge in [-0.15, -0.1) is 0 Å². The SMILES string of the molecule is CCCOc1ccc(-c2ccc(-c3ccc(CCC4CC[Si](CCC)CC4)cc3)cc2)c(F)c1F. The molecule has 1 saturated heterocycles. The Kier molecular flexibility index (Phi) is 9.14. The maximum atomic E-state index is 14.7. The van der Waals surface area contributed by atoms with E-state index >= 15 is 0 Å². The summed E-state index contributed by atoms with van der Waals surface area (Å²) >= 11 is 0. The van der Waals surface area contributed by atoms with E-state index in [1.807, 2.05) is 31.2 Å². The molecule has 0 aliphatic carbocycles. The van der Waals surface area contributed by atoms with Gasteiger partial charge in [0.1, 0.15) is 0 Å². The van der Waals surface area contributed by atoms with Crippen LogP contribution >= 0.6 is 0 Å². The van der Waals surface area contributed by atoms with E-state index in [9.17, 15) is 8.78 Å². The molecule has 0 aromatic heterocycles. The molecule has 1 heterocycles. The molecule has 4 rings (SSSR count). The molecule has 3 aromatic carbocycles. The lowest BCUT2D eigenvalue weighted by Gasteiger charge is -2.27. The van der Waals surface area contributed by atoms with Gasteiger partial charge in [-0.05, 0) is 59.6 Å². The normalized spacial score (nSPS) is 14.9. The summed E-state index contributed by atoms with van der Waals surface area (Å²) in [6, 6.07) is 24.1. The molecule has 3 aromatic rings. The number of benzene rings is 3. The first kappa shape index (κ1) is 25.6. The molecule has 1 aliphatic rings. The molecule has 0 N–H and O–H groups in total. The monoisotopic (exact) mass is 491 g/mol. The maximum absolute atomic E-state index is 14.7. The summed E-state index contributed by atoms with van der Waals surface area (Å²) < 4.78 is 34.3. The Labute approximate surface area is 211 Å². The highest BCUT2D eigenvalue weighted by Crippen LogP contribution is 2.33. The first-order valence-corrected chi connectivity index (χ1v) is 15.3. The van der Waals surface area contributed by atoms with Crippen molar-refractivity contribution in [2.45, 2.75) is 70.5 Å². The van der Waals surface area contributed by atoms with Crippen molar-refractivity contribution < 1.29 is 13.5 Å². The van der Waals surface area contributed by atoms with Crippen LogP contribution in [0.25, 0.3) is 22.3 Å². The number of ether oxygens (including phenoxy) is 1. The molecule has 4 heteroatoms. The van der Waals surface area contributed by atoms with Crippen molar-refractivity contribution in [1.29, 1.82) is 0 Å². The summed E-state index contributed by atoms with van der Waals surface area (Å²) in [6.07, 6.45) is 7.45. The zero-order chi connectivity index (χ0) is 24.6. The highest BCUT2D eigenvalue weighted by molar-refractivity contribution is 6.58. The summed E-state index contributed by atoms with van der Waals surface area (Å²) in [5, 5.41) is 0. The van der Waals surface area contributed by atoms with Crippen LogP contribution in [0.2, 0.25) is 18.1 Å². The summed E-state index contributed by atoms with van der Waals surface area (Å²) in [7, 11) is -0.0250. The van der Waals surface area contributed by atoms with E-state index in [1.54, 1.807) is 6.07 Å². The topological polar surface area (TPSA) is 9.23 Å². The van der Waals surface area contributed by atoms with Gasteiger partial charge in [0.15, 0.2) is 11.6 Å². The predicted molar refractivity (Wildman–Crippen MR) is 145 cm³/mol. The minimum atomic E-state index is -0.925. The van der Waals surface area contributed by atoms with Crippen molar-refractivity contribution in [1.82, 2.24) is 0 Å². The third-order valence-electron chi connectivity index (χ3n) is 7.25. The molecule has 1 radical (unpaired) electrons. The molecule has 35 heavy (non-hydrogen) atoms. The lowest BCUT2D eigenvalue weighted by molar-refractivity contribution is 0.295. The Morgan fingerprint density at radius 3 is 2.03 bits per heavy atom. The van der Waals surface area contributed by atoms with Gasteiger partial charge in [-0.3, -0.25) is 0 Å². The van der Waals surface area contributed by atoms with E-state index in [4.69, 9.17) is 4.74 Å². The van der Waals surface area contributed by atoms with E-state index in [0.29, 0.717) is 12.2 Å². The standard InChI is InChI=1S/C31H37F2OSi/c1-3-19-34-29-16-15-28(30(32)31(29)33)27-13-11-26(12-14-27)25-9-7-23(8-10-25)5-6-24-17-21-35(20-4-2)22-18-24/h7-16,24H,3-6,17-22H2,1-2H3. The number of aryl methyl sites for hydroxylation is 1. The summed E-state index contributed by atoms with van der Waals surface area (Å²) in [4.78, 5) is 0. The average Bonchev–Trinajstić information content (AvgIpc) is 2.90. The van der Waals surface area contributed by atoms with E-state index in [0.717, 1.165) is 29.9 Å². The Morgan fingerprint density at radius 2 is 1.40 bits per heavy atom. The van der Waals surface area contributed by atoms with Gasteiger partial charge in [0.25, 0.3) is 0 Å². The number of hydrogen-bond acceptors (Lipinski definition) is 1. The average molecular weight is 492 g/mol. The maximum Gasteiger partial charge on any atom is 0.201 e. The van der Waals surface area contributed by atoms with Gasteiger partial charge in [0, 0.05) is 14.4 Å². The van der Waals surface area contributed by atoms with Crippen LogP contribution in [0.15, 0.2) is 60.7 Å². The molecule has 1 nitrogen and oxygen atoms in total. The molecule has 0 atom stereocenters. The van der Waals surface area contributed by atoms with Crippen molar-refractivity contribution in [3.63, 3.8) is 0 Å². The molecule has 1 fully saturated rings. The second-order valence-corrected chi connectivity index (χ2v) is 12.8. The quantitative estimate of drug-likeness (QED) is 0.257. The number of hydrogen-bond donors (Lipinski definition) is 0. The third kappa shape index (κ3) is 6.61. The molecular weight excluding hydrogens is 454 g/mol. The van der Waals surface area contributed by atoms with Crippen LogP contribution in [-0.4, -0.2) is 15.4 Å². The van der Waals surface area contributed by atoms with Crippen LogP contribution < -0.4 is 4.74 Å². The van der Waals surface area contributed by atoms with Crippen LogP contribution in [0.3, 0.4) is 0 Å². The van der Waals surface area contributed by atoms with Crippen molar-refractivity contribution in [3.8, 4) is 28.0 Å². The Hall–Kier alpha value is -2.46. The third-order valence-corrected chi connectivity index (χ3v) is 10.4. The van der Waals surface area contributed by atoms with E-state index in [-0.39, 0.29) is 20.1 Å².